The van der Waals surface area contributed by atoms with Crippen LogP contribution in [0.2, 0.25) is 0 Å². The summed E-state index contributed by atoms with van der Waals surface area (Å²) in [5.74, 6) is 0.786. The molecule has 21 heavy (non-hydrogen) atoms. The number of aromatic nitrogens is 1. The van der Waals surface area contributed by atoms with E-state index in [0.29, 0.717) is 0 Å². The van der Waals surface area contributed by atoms with E-state index in [1.807, 2.05) is 48.7 Å². The number of carbonyl (C=O) groups excluding carboxylic acids is 1. The molecule has 4 nitrogen and oxygen atoms in total. The lowest BCUT2D eigenvalue weighted by molar-refractivity contribution is 0.0960. The number of amides is 1. The van der Waals surface area contributed by atoms with Gasteiger partial charge in [-0.1, -0.05) is 18.2 Å². The Morgan fingerprint density at radius 2 is 1.95 bits per heavy atom. The van der Waals surface area contributed by atoms with Gasteiger partial charge in [-0.05, 0) is 29.8 Å². The second-order valence-electron chi connectivity index (χ2n) is 5.15. The van der Waals surface area contributed by atoms with Crippen LogP contribution in [0.4, 0.5) is 0 Å². The molecule has 1 aromatic heterocycles. The molecule has 4 heteroatoms. The van der Waals surface area contributed by atoms with E-state index < -0.39 is 0 Å². The first-order valence-electron chi connectivity index (χ1n) is 6.83. The summed E-state index contributed by atoms with van der Waals surface area (Å²) in [4.78, 5) is 15.3. The quantitative estimate of drug-likeness (QED) is 0.757. The van der Waals surface area contributed by atoms with Crippen molar-refractivity contribution in [3.05, 3.63) is 65.4 Å². The van der Waals surface area contributed by atoms with Crippen LogP contribution in [0.1, 0.15) is 27.5 Å². The summed E-state index contributed by atoms with van der Waals surface area (Å²) in [6.45, 7) is 0. The fourth-order valence-electron chi connectivity index (χ4n) is 2.97. The first kappa shape index (κ1) is 12.0. The highest BCUT2D eigenvalue weighted by atomic mass is 16.5. The number of hydrogen-bond acceptors (Lipinski definition) is 2. The summed E-state index contributed by atoms with van der Waals surface area (Å²) in [6.07, 6.45) is 1.96. The summed E-state index contributed by atoms with van der Waals surface area (Å²) in [5.41, 5.74) is 3.86. The topological polar surface area (TPSA) is 54.1 Å². The molecule has 1 atom stereocenters. The van der Waals surface area contributed by atoms with Crippen molar-refractivity contribution in [2.24, 2.45) is 0 Å². The second-order valence-corrected chi connectivity index (χ2v) is 5.15. The van der Waals surface area contributed by atoms with Gasteiger partial charge in [-0.3, -0.25) is 4.79 Å². The molecule has 4 rings (SSSR count). The van der Waals surface area contributed by atoms with Crippen LogP contribution >= 0.6 is 0 Å². The summed E-state index contributed by atoms with van der Waals surface area (Å²) in [5, 5.41) is 4.12. The third-order valence-electron chi connectivity index (χ3n) is 4.02. The smallest absolute Gasteiger partial charge is 0.252 e. The highest BCUT2D eigenvalue weighted by Gasteiger charge is 2.30. The van der Waals surface area contributed by atoms with Crippen LogP contribution in [0.15, 0.2) is 48.7 Å². The molecule has 3 aromatic rings. The Balaban J connectivity index is 1.90. The van der Waals surface area contributed by atoms with Crippen LogP contribution in [0.5, 0.6) is 5.75 Å². The Bertz CT molecular complexity index is 851. The van der Waals surface area contributed by atoms with Gasteiger partial charge in [-0.2, -0.15) is 0 Å². The van der Waals surface area contributed by atoms with Crippen molar-refractivity contribution >= 4 is 16.8 Å². The first-order valence-corrected chi connectivity index (χ1v) is 6.83. The Morgan fingerprint density at radius 3 is 2.81 bits per heavy atom. The number of aromatic amines is 1. The van der Waals surface area contributed by atoms with Gasteiger partial charge in [0.15, 0.2) is 0 Å². The summed E-state index contributed by atoms with van der Waals surface area (Å²) < 4.78 is 5.30. The van der Waals surface area contributed by atoms with E-state index in [9.17, 15) is 4.79 Å². The lowest BCUT2D eigenvalue weighted by Gasteiger charge is -2.11. The van der Waals surface area contributed by atoms with E-state index in [2.05, 4.69) is 10.3 Å². The molecule has 0 bridgehead atoms. The molecule has 0 radical (unpaired) electrons. The Morgan fingerprint density at radius 1 is 1.10 bits per heavy atom. The number of rotatable bonds is 2. The number of nitrogens with one attached hydrogen (secondary N) is 2. The van der Waals surface area contributed by atoms with Gasteiger partial charge >= 0.3 is 0 Å². The average molecular weight is 278 g/mol. The third kappa shape index (κ3) is 1.72. The molecular weight excluding hydrogens is 264 g/mol. The predicted octanol–water partition coefficient (Wildman–Crippen LogP) is 3.01. The summed E-state index contributed by atoms with van der Waals surface area (Å²) in [6, 6.07) is 13.5. The average Bonchev–Trinajstić information content (AvgIpc) is 3.08. The van der Waals surface area contributed by atoms with Crippen molar-refractivity contribution in [3.8, 4) is 5.75 Å². The van der Waals surface area contributed by atoms with Gasteiger partial charge in [0.25, 0.3) is 5.91 Å². The van der Waals surface area contributed by atoms with Crippen LogP contribution in [0, 0.1) is 0 Å². The van der Waals surface area contributed by atoms with Crippen molar-refractivity contribution in [2.45, 2.75) is 6.04 Å². The van der Waals surface area contributed by atoms with Gasteiger partial charge in [0, 0.05) is 28.2 Å². The fourth-order valence-corrected chi connectivity index (χ4v) is 2.97. The molecule has 1 amide bonds. The van der Waals surface area contributed by atoms with E-state index in [1.165, 1.54) is 0 Å². The van der Waals surface area contributed by atoms with Gasteiger partial charge in [-0.25, -0.2) is 0 Å². The van der Waals surface area contributed by atoms with E-state index in [1.54, 1.807) is 7.11 Å². The van der Waals surface area contributed by atoms with Gasteiger partial charge in [-0.15, -0.1) is 0 Å². The largest absolute Gasteiger partial charge is 0.497 e. The van der Waals surface area contributed by atoms with Gasteiger partial charge in [0.1, 0.15) is 5.75 Å². The normalized spacial score (nSPS) is 16.8. The van der Waals surface area contributed by atoms with Crippen LogP contribution in [-0.2, 0) is 0 Å². The van der Waals surface area contributed by atoms with Crippen LogP contribution in [-0.4, -0.2) is 18.0 Å². The maximum atomic E-state index is 12.1. The lowest BCUT2D eigenvalue weighted by atomic mass is 9.98. The molecule has 2 N–H and O–H groups in total. The minimum Gasteiger partial charge on any atom is -0.497 e. The number of carbonyl (C=O) groups is 1. The van der Waals surface area contributed by atoms with Crippen molar-refractivity contribution in [2.75, 3.05) is 7.11 Å². The van der Waals surface area contributed by atoms with Gasteiger partial charge in [0.05, 0.1) is 13.2 Å². The molecular formula is C17H14N2O2. The number of H-pyrrole nitrogens is 1. The maximum absolute atomic E-state index is 12.1. The zero-order valence-electron chi connectivity index (χ0n) is 11.5. The Labute approximate surface area is 121 Å². The molecule has 0 aliphatic carbocycles. The summed E-state index contributed by atoms with van der Waals surface area (Å²) in [7, 11) is 1.65. The molecule has 104 valence electrons. The minimum absolute atomic E-state index is 0.0205. The third-order valence-corrected chi connectivity index (χ3v) is 4.02. The van der Waals surface area contributed by atoms with Crippen molar-refractivity contribution < 1.29 is 9.53 Å². The molecule has 2 heterocycles. The van der Waals surface area contributed by atoms with Crippen molar-refractivity contribution in [1.29, 1.82) is 0 Å². The number of hydrogen-bond donors (Lipinski definition) is 2. The van der Waals surface area contributed by atoms with E-state index >= 15 is 0 Å². The van der Waals surface area contributed by atoms with Gasteiger partial charge in [0.2, 0.25) is 0 Å². The standard InChI is InChI=1S/C17H14N2O2/c1-21-10-6-7-15-13(8-10)14(9-18-15)16-11-4-2-3-5-12(11)17(20)19-16/h2-9,16,18H,1H3,(H,19,20)/t16-/m1/s1. The monoisotopic (exact) mass is 278 g/mol. The number of benzene rings is 2. The number of fused-ring (bicyclic) bond motifs is 2. The molecule has 1 aliphatic rings. The Kier molecular flexibility index (Phi) is 2.51. The fraction of sp³-hybridized carbons (Fsp3) is 0.118. The molecule has 1 aliphatic heterocycles. The molecule has 0 saturated heterocycles. The molecule has 0 unspecified atom stereocenters. The predicted molar refractivity (Wildman–Crippen MR) is 80.6 cm³/mol. The van der Waals surface area contributed by atoms with E-state index in [4.69, 9.17) is 4.74 Å². The van der Waals surface area contributed by atoms with E-state index in [-0.39, 0.29) is 11.9 Å². The van der Waals surface area contributed by atoms with Crippen molar-refractivity contribution in [1.82, 2.24) is 10.3 Å². The highest BCUT2D eigenvalue weighted by Crippen LogP contribution is 2.35. The Hall–Kier alpha value is -2.75. The van der Waals surface area contributed by atoms with Crippen LogP contribution in [0.25, 0.3) is 10.9 Å². The zero-order chi connectivity index (χ0) is 14.4. The number of methoxy groups -OCH3 is 1. The van der Waals surface area contributed by atoms with Crippen LogP contribution < -0.4 is 10.1 Å². The first-order chi connectivity index (χ1) is 10.3. The number of ether oxygens (including phenoxy) is 1. The zero-order valence-corrected chi connectivity index (χ0v) is 11.5. The SMILES string of the molecule is COc1ccc2[nH]cc([C@@H]3NC(=O)c4ccccc43)c2c1. The van der Waals surface area contributed by atoms with Crippen molar-refractivity contribution in [3.63, 3.8) is 0 Å². The molecule has 0 fully saturated rings. The lowest BCUT2D eigenvalue weighted by Crippen LogP contribution is -2.19. The molecule has 2 aromatic carbocycles. The van der Waals surface area contributed by atoms with Gasteiger partial charge < -0.3 is 15.0 Å². The van der Waals surface area contributed by atoms with E-state index in [0.717, 1.165) is 33.3 Å². The molecule has 0 saturated carbocycles. The maximum Gasteiger partial charge on any atom is 0.252 e. The second kappa shape index (κ2) is 4.38. The highest BCUT2D eigenvalue weighted by molar-refractivity contribution is 6.00. The molecule has 0 spiro atoms. The minimum atomic E-state index is -0.116. The summed E-state index contributed by atoms with van der Waals surface area (Å²) >= 11 is 0. The van der Waals surface area contributed by atoms with Crippen LogP contribution in [0.3, 0.4) is 0 Å².